The van der Waals surface area contributed by atoms with Gasteiger partial charge in [0.05, 0.1) is 12.7 Å². The van der Waals surface area contributed by atoms with Crippen molar-refractivity contribution in [1.29, 1.82) is 0 Å². The fraction of sp³-hybridized carbons (Fsp3) is 0.312. The standard InChI is InChI=1S/C16H18N4O2/c1-12-2-4-13(5-3-12)19-16(21)20-9-6-14(11-20)22-15-10-17-7-8-18-15/h2-5,7-8,10,14H,6,9,11H2,1H3,(H,19,21). The van der Waals surface area contributed by atoms with E-state index in [1.807, 2.05) is 31.2 Å². The van der Waals surface area contributed by atoms with Gasteiger partial charge in [0.15, 0.2) is 0 Å². The van der Waals surface area contributed by atoms with Crippen LogP contribution in [0, 0.1) is 6.92 Å². The maximum atomic E-state index is 12.2. The van der Waals surface area contributed by atoms with Crippen LogP contribution < -0.4 is 10.1 Å². The fourth-order valence-electron chi connectivity index (χ4n) is 2.37. The van der Waals surface area contributed by atoms with Gasteiger partial charge in [-0.25, -0.2) is 9.78 Å². The Bertz CT molecular complexity index is 630. The molecule has 1 saturated heterocycles. The van der Waals surface area contributed by atoms with Crippen molar-refractivity contribution in [2.45, 2.75) is 19.4 Å². The topological polar surface area (TPSA) is 67.4 Å². The summed E-state index contributed by atoms with van der Waals surface area (Å²) >= 11 is 0. The number of hydrogen-bond donors (Lipinski definition) is 1. The molecule has 22 heavy (non-hydrogen) atoms. The monoisotopic (exact) mass is 298 g/mol. The Balaban J connectivity index is 1.53. The number of aromatic nitrogens is 2. The van der Waals surface area contributed by atoms with E-state index in [4.69, 9.17) is 4.74 Å². The molecule has 0 saturated carbocycles. The zero-order chi connectivity index (χ0) is 15.4. The van der Waals surface area contributed by atoms with Crippen LogP contribution in [-0.4, -0.2) is 40.1 Å². The smallest absolute Gasteiger partial charge is 0.321 e. The Morgan fingerprint density at radius 3 is 2.86 bits per heavy atom. The largest absolute Gasteiger partial charge is 0.471 e. The Kier molecular flexibility index (Phi) is 4.18. The van der Waals surface area contributed by atoms with E-state index in [2.05, 4.69) is 15.3 Å². The maximum Gasteiger partial charge on any atom is 0.321 e. The molecule has 6 nitrogen and oxygen atoms in total. The van der Waals surface area contributed by atoms with E-state index >= 15 is 0 Å². The van der Waals surface area contributed by atoms with Gasteiger partial charge in [-0.05, 0) is 19.1 Å². The Hall–Kier alpha value is -2.63. The van der Waals surface area contributed by atoms with Crippen molar-refractivity contribution in [3.8, 4) is 5.88 Å². The quantitative estimate of drug-likeness (QED) is 0.945. The van der Waals surface area contributed by atoms with Gasteiger partial charge in [0.2, 0.25) is 5.88 Å². The number of aryl methyl sites for hydroxylation is 1. The zero-order valence-electron chi connectivity index (χ0n) is 12.4. The molecule has 1 aromatic carbocycles. The number of carbonyl (C=O) groups is 1. The highest BCUT2D eigenvalue weighted by atomic mass is 16.5. The number of nitrogens with one attached hydrogen (secondary N) is 1. The summed E-state index contributed by atoms with van der Waals surface area (Å²) < 4.78 is 5.73. The molecule has 1 N–H and O–H groups in total. The summed E-state index contributed by atoms with van der Waals surface area (Å²) in [6.45, 7) is 3.23. The number of nitrogens with zero attached hydrogens (tertiary/aromatic N) is 3. The second-order valence-electron chi connectivity index (χ2n) is 5.31. The number of urea groups is 1. The lowest BCUT2D eigenvalue weighted by molar-refractivity contribution is 0.189. The van der Waals surface area contributed by atoms with Crippen molar-refractivity contribution in [1.82, 2.24) is 14.9 Å². The van der Waals surface area contributed by atoms with Gasteiger partial charge in [0.25, 0.3) is 0 Å². The number of anilines is 1. The van der Waals surface area contributed by atoms with Crippen molar-refractivity contribution >= 4 is 11.7 Å². The van der Waals surface area contributed by atoms with Crippen molar-refractivity contribution in [3.63, 3.8) is 0 Å². The van der Waals surface area contributed by atoms with Crippen LogP contribution in [0.25, 0.3) is 0 Å². The van der Waals surface area contributed by atoms with Gasteiger partial charge in [-0.1, -0.05) is 17.7 Å². The van der Waals surface area contributed by atoms with E-state index in [1.165, 1.54) is 0 Å². The number of ether oxygens (including phenoxy) is 1. The maximum absolute atomic E-state index is 12.2. The first-order chi connectivity index (χ1) is 10.7. The first-order valence-electron chi connectivity index (χ1n) is 7.26. The van der Waals surface area contributed by atoms with Gasteiger partial charge in [-0.2, -0.15) is 0 Å². The molecule has 1 aliphatic heterocycles. The molecule has 1 atom stereocenters. The van der Waals surface area contributed by atoms with Crippen LogP contribution in [0.1, 0.15) is 12.0 Å². The average Bonchev–Trinajstić information content (AvgIpc) is 2.99. The van der Waals surface area contributed by atoms with E-state index in [0.29, 0.717) is 19.0 Å². The molecule has 0 radical (unpaired) electrons. The van der Waals surface area contributed by atoms with Crippen LogP contribution in [0.3, 0.4) is 0 Å². The number of likely N-dealkylation sites (tertiary alicyclic amines) is 1. The lowest BCUT2D eigenvalue weighted by atomic mass is 10.2. The highest BCUT2D eigenvalue weighted by Gasteiger charge is 2.27. The van der Waals surface area contributed by atoms with E-state index in [-0.39, 0.29) is 12.1 Å². The molecule has 2 amide bonds. The molecule has 0 bridgehead atoms. The summed E-state index contributed by atoms with van der Waals surface area (Å²) in [6.07, 6.45) is 5.52. The second-order valence-corrected chi connectivity index (χ2v) is 5.31. The number of rotatable bonds is 3. The van der Waals surface area contributed by atoms with E-state index in [1.54, 1.807) is 23.5 Å². The predicted molar refractivity (Wildman–Crippen MR) is 82.8 cm³/mol. The summed E-state index contributed by atoms with van der Waals surface area (Å²) in [7, 11) is 0. The lowest BCUT2D eigenvalue weighted by Crippen LogP contribution is -2.34. The van der Waals surface area contributed by atoms with Gasteiger partial charge in [-0.15, -0.1) is 0 Å². The van der Waals surface area contributed by atoms with Crippen LogP contribution >= 0.6 is 0 Å². The number of hydrogen-bond acceptors (Lipinski definition) is 4. The van der Waals surface area contributed by atoms with Crippen molar-refractivity contribution in [3.05, 3.63) is 48.4 Å². The van der Waals surface area contributed by atoms with Crippen LogP contribution in [0.4, 0.5) is 10.5 Å². The number of carbonyl (C=O) groups excluding carboxylic acids is 1. The molecule has 2 heterocycles. The van der Waals surface area contributed by atoms with E-state index < -0.39 is 0 Å². The van der Waals surface area contributed by atoms with Crippen LogP contribution in [0.15, 0.2) is 42.9 Å². The Labute approximate surface area is 129 Å². The van der Waals surface area contributed by atoms with Crippen molar-refractivity contribution in [2.24, 2.45) is 0 Å². The first-order valence-corrected chi connectivity index (χ1v) is 7.26. The van der Waals surface area contributed by atoms with Crippen LogP contribution in [0.2, 0.25) is 0 Å². The lowest BCUT2D eigenvalue weighted by Gasteiger charge is -2.17. The molecule has 1 unspecified atom stereocenters. The van der Waals surface area contributed by atoms with Gasteiger partial charge in [0.1, 0.15) is 6.10 Å². The molecule has 1 fully saturated rings. The minimum atomic E-state index is -0.103. The average molecular weight is 298 g/mol. The molecule has 0 spiro atoms. The summed E-state index contributed by atoms with van der Waals surface area (Å²) in [4.78, 5) is 22.0. The number of amides is 2. The number of benzene rings is 1. The molecule has 0 aliphatic carbocycles. The summed E-state index contributed by atoms with van der Waals surface area (Å²) in [6, 6.07) is 7.64. The Morgan fingerprint density at radius 2 is 2.14 bits per heavy atom. The zero-order valence-corrected chi connectivity index (χ0v) is 12.4. The highest BCUT2D eigenvalue weighted by molar-refractivity contribution is 5.89. The third-order valence-electron chi connectivity index (χ3n) is 3.56. The Morgan fingerprint density at radius 1 is 1.32 bits per heavy atom. The molecule has 2 aromatic rings. The van der Waals surface area contributed by atoms with E-state index in [0.717, 1.165) is 17.7 Å². The minimum absolute atomic E-state index is 0.0412. The van der Waals surface area contributed by atoms with Gasteiger partial charge in [-0.3, -0.25) is 4.98 Å². The van der Waals surface area contributed by atoms with Crippen LogP contribution in [0.5, 0.6) is 5.88 Å². The second kappa shape index (κ2) is 6.43. The molecule has 1 aliphatic rings. The molecule has 3 rings (SSSR count). The summed E-state index contributed by atoms with van der Waals surface area (Å²) in [5.41, 5.74) is 1.96. The third kappa shape index (κ3) is 3.52. The van der Waals surface area contributed by atoms with Crippen molar-refractivity contribution < 1.29 is 9.53 Å². The van der Waals surface area contributed by atoms with Gasteiger partial charge >= 0.3 is 6.03 Å². The first kappa shape index (κ1) is 14.3. The molecule has 6 heteroatoms. The highest BCUT2D eigenvalue weighted by Crippen LogP contribution is 2.17. The SMILES string of the molecule is Cc1ccc(NC(=O)N2CCC(Oc3cnccn3)C2)cc1. The molecular formula is C16H18N4O2. The normalized spacial score (nSPS) is 17.3. The fourth-order valence-corrected chi connectivity index (χ4v) is 2.37. The van der Waals surface area contributed by atoms with Gasteiger partial charge in [0, 0.05) is 31.0 Å². The summed E-state index contributed by atoms with van der Waals surface area (Å²) in [5.74, 6) is 0.494. The van der Waals surface area contributed by atoms with Crippen LogP contribution in [-0.2, 0) is 0 Å². The molecular weight excluding hydrogens is 280 g/mol. The van der Waals surface area contributed by atoms with E-state index in [9.17, 15) is 4.79 Å². The van der Waals surface area contributed by atoms with Gasteiger partial charge < -0.3 is 15.0 Å². The molecule has 1 aromatic heterocycles. The molecule has 114 valence electrons. The van der Waals surface area contributed by atoms with Crippen molar-refractivity contribution in [2.75, 3.05) is 18.4 Å². The third-order valence-corrected chi connectivity index (χ3v) is 3.56. The predicted octanol–water partition coefficient (Wildman–Crippen LogP) is 2.47. The summed E-state index contributed by atoms with van der Waals surface area (Å²) in [5, 5.41) is 2.90. The minimum Gasteiger partial charge on any atom is -0.471 e.